The smallest absolute Gasteiger partial charge is 0.152 e. The second-order valence-corrected chi connectivity index (χ2v) is 8.85. The summed E-state index contributed by atoms with van der Waals surface area (Å²) in [4.78, 5) is 12.2. The molecule has 1 atom stereocenters. The van der Waals surface area contributed by atoms with Crippen molar-refractivity contribution in [1.29, 1.82) is 0 Å². The summed E-state index contributed by atoms with van der Waals surface area (Å²) in [6, 6.07) is 0. The predicted octanol–water partition coefficient (Wildman–Crippen LogP) is 2.67. The number of hydrogen-bond acceptors (Lipinski definition) is 3. The summed E-state index contributed by atoms with van der Waals surface area (Å²) in [5, 5.41) is 0.884. The topological polar surface area (TPSA) is 58.6 Å². The predicted molar refractivity (Wildman–Crippen MR) is 81.1 cm³/mol. The molecule has 104 valence electrons. The molecule has 0 spiro atoms. The molecule has 20 heavy (non-hydrogen) atoms. The molecule has 2 heterocycles. The fourth-order valence-corrected chi connectivity index (χ4v) is 5.30. The first-order valence-electron chi connectivity index (χ1n) is 7.18. The Labute approximate surface area is 129 Å². The number of rotatable bonds is 2. The van der Waals surface area contributed by atoms with Gasteiger partial charge in [0.1, 0.15) is 12.0 Å². The molecule has 1 aliphatic carbocycles. The highest BCUT2D eigenvalue weighted by Crippen LogP contribution is 2.34. The molecule has 0 aromatic carbocycles. The molecule has 1 unspecified atom stereocenters. The van der Waals surface area contributed by atoms with Gasteiger partial charge in [0, 0.05) is 23.2 Å². The summed E-state index contributed by atoms with van der Waals surface area (Å²) in [5.41, 5.74) is 0.766. The highest BCUT2D eigenvalue weighted by molar-refractivity contribution is 7.88. The minimum Gasteiger partial charge on any atom is -0.345 e. The lowest BCUT2D eigenvalue weighted by atomic mass is 10.00. The van der Waals surface area contributed by atoms with Gasteiger partial charge < -0.3 is 4.98 Å². The van der Waals surface area contributed by atoms with Gasteiger partial charge in [-0.05, 0) is 3.61 Å². The minimum absolute atomic E-state index is 0.203. The van der Waals surface area contributed by atoms with Crippen LogP contribution in [-0.2, 0) is 10.8 Å². The lowest BCUT2D eigenvalue weighted by Crippen LogP contribution is -2.35. The Kier molecular flexibility index (Phi) is 4.25. The van der Waals surface area contributed by atoms with Crippen LogP contribution >= 0.6 is 0 Å². The van der Waals surface area contributed by atoms with Crippen LogP contribution in [0.2, 0.25) is 0 Å². The van der Waals surface area contributed by atoms with Crippen molar-refractivity contribution in [1.82, 2.24) is 15.0 Å². The first-order valence-corrected chi connectivity index (χ1v) is 8.91. The van der Waals surface area contributed by atoms with Gasteiger partial charge in [0.25, 0.3) is 0 Å². The molecule has 0 bridgehead atoms. The largest absolute Gasteiger partial charge is 0.345 e. The molecule has 2 radical (unpaired) electrons. The van der Waals surface area contributed by atoms with Gasteiger partial charge in [-0.15, -0.1) is 0 Å². The van der Waals surface area contributed by atoms with E-state index in [0.717, 1.165) is 41.6 Å². The number of aromatic amines is 1. The molecule has 0 amide bonds. The minimum atomic E-state index is -1.05. The zero-order valence-electron chi connectivity index (χ0n) is 11.5. The van der Waals surface area contributed by atoms with Gasteiger partial charge in [-0.25, -0.2) is 9.97 Å². The summed E-state index contributed by atoms with van der Waals surface area (Å²) < 4.78 is 12.9. The van der Waals surface area contributed by atoms with E-state index in [4.69, 9.17) is 0 Å². The number of nitrogens with one attached hydrogen (secondary N) is 1. The maximum absolute atomic E-state index is 13.1. The van der Waals surface area contributed by atoms with E-state index in [1.165, 1.54) is 25.6 Å². The summed E-state index contributed by atoms with van der Waals surface area (Å²) in [7, 11) is -1.05. The van der Waals surface area contributed by atoms with E-state index >= 15 is 0 Å². The molecular weight excluding hydrogens is 285 g/mol. The van der Waals surface area contributed by atoms with Crippen LogP contribution in [0.15, 0.2) is 23.6 Å². The van der Waals surface area contributed by atoms with Gasteiger partial charge in [0.2, 0.25) is 0 Å². The third-order valence-electron chi connectivity index (χ3n) is 4.09. The second-order valence-electron chi connectivity index (χ2n) is 5.54. The molecule has 1 aliphatic rings. The van der Waals surface area contributed by atoms with Crippen molar-refractivity contribution < 1.29 is 4.21 Å². The van der Waals surface area contributed by atoms with E-state index in [2.05, 4.69) is 31.2 Å². The van der Waals surface area contributed by atoms with Gasteiger partial charge >= 0.3 is 0 Å². The van der Waals surface area contributed by atoms with Gasteiger partial charge in [0.05, 0.1) is 10.3 Å². The average Bonchev–Trinajstić information content (AvgIpc) is 2.86. The molecule has 6 heteroatoms. The third kappa shape index (κ3) is 2.70. The molecule has 1 saturated carbocycles. The van der Waals surface area contributed by atoms with Crippen molar-refractivity contribution in [2.24, 2.45) is 0 Å². The first-order chi connectivity index (χ1) is 9.71. The summed E-state index contributed by atoms with van der Waals surface area (Å²) >= 11 is 2.90. The van der Waals surface area contributed by atoms with Crippen molar-refractivity contribution in [2.75, 3.05) is 0 Å². The SMILES string of the molecule is O=S(c1c[nH]c2ncncc12)[C]1([Al])CCCCCCC1. The first kappa shape index (κ1) is 14.2. The van der Waals surface area contributed by atoms with Crippen LogP contribution in [-0.4, -0.2) is 39.1 Å². The quantitative estimate of drug-likeness (QED) is 0.868. The zero-order chi connectivity index (χ0) is 14.0. The van der Waals surface area contributed by atoms with Gasteiger partial charge in [-0.1, -0.05) is 44.9 Å². The Morgan fingerprint density at radius 2 is 1.90 bits per heavy atom. The van der Waals surface area contributed by atoms with Crippen molar-refractivity contribution in [2.45, 2.75) is 53.5 Å². The Balaban J connectivity index is 1.93. The van der Waals surface area contributed by atoms with Crippen LogP contribution in [0.5, 0.6) is 0 Å². The number of H-pyrrole nitrogens is 1. The molecule has 1 fully saturated rings. The zero-order valence-corrected chi connectivity index (χ0v) is 13.4. The van der Waals surface area contributed by atoms with E-state index in [9.17, 15) is 4.21 Å². The molecule has 3 rings (SSSR count). The fourth-order valence-electron chi connectivity index (χ4n) is 2.90. The molecule has 2 aromatic rings. The monoisotopic (exact) mass is 303 g/mol. The van der Waals surface area contributed by atoms with Crippen molar-refractivity contribution >= 4 is 38.1 Å². The molecular formula is C14H18AlN3OS. The highest BCUT2D eigenvalue weighted by Gasteiger charge is 2.32. The Morgan fingerprint density at radius 3 is 2.65 bits per heavy atom. The van der Waals surface area contributed by atoms with E-state index < -0.39 is 10.8 Å². The van der Waals surface area contributed by atoms with Crippen LogP contribution in [0.1, 0.15) is 44.9 Å². The summed E-state index contributed by atoms with van der Waals surface area (Å²) in [5.74, 6) is 0. The van der Waals surface area contributed by atoms with Crippen LogP contribution in [0.3, 0.4) is 0 Å². The standard InChI is InChI=1S/C14H18N3OS.Al/c18-19(11-6-4-2-1-3-5-7-11)13-9-16-14-12(13)8-15-10-17-14;/h8-10H,1-7H2,(H,15,16,17);. The molecule has 1 N–H and O–H groups in total. The average molecular weight is 303 g/mol. The number of hydrogen-bond donors (Lipinski definition) is 1. The Morgan fingerprint density at radius 1 is 1.20 bits per heavy atom. The fraction of sp³-hybridized carbons (Fsp3) is 0.571. The van der Waals surface area contributed by atoms with Crippen LogP contribution < -0.4 is 0 Å². The van der Waals surface area contributed by atoms with Crippen LogP contribution in [0.25, 0.3) is 11.0 Å². The number of nitrogens with zero attached hydrogens (tertiary/aromatic N) is 2. The molecule has 0 aliphatic heterocycles. The van der Waals surface area contributed by atoms with Crippen LogP contribution in [0.4, 0.5) is 0 Å². The van der Waals surface area contributed by atoms with E-state index in [1.807, 2.05) is 6.20 Å². The number of aromatic nitrogens is 3. The second kappa shape index (κ2) is 5.97. The summed E-state index contributed by atoms with van der Waals surface area (Å²) in [6.45, 7) is 0. The van der Waals surface area contributed by atoms with E-state index in [0.29, 0.717) is 0 Å². The molecule has 4 nitrogen and oxygen atoms in total. The van der Waals surface area contributed by atoms with Crippen molar-refractivity contribution in [3.05, 3.63) is 18.7 Å². The summed E-state index contributed by atoms with van der Waals surface area (Å²) in [6.07, 6.45) is 13.3. The Bertz CT molecular complexity index is 620. The van der Waals surface area contributed by atoms with Crippen LogP contribution in [0, 0.1) is 0 Å². The van der Waals surface area contributed by atoms with Crippen molar-refractivity contribution in [3.63, 3.8) is 0 Å². The van der Waals surface area contributed by atoms with E-state index in [1.54, 1.807) is 6.20 Å². The van der Waals surface area contributed by atoms with Gasteiger partial charge in [-0.2, -0.15) is 0 Å². The van der Waals surface area contributed by atoms with Gasteiger partial charge in [0.15, 0.2) is 16.3 Å². The normalized spacial score (nSPS) is 21.2. The number of fused-ring (bicyclic) bond motifs is 1. The maximum Gasteiger partial charge on any atom is 0.152 e. The Hall–Kier alpha value is -0.698. The third-order valence-corrected chi connectivity index (χ3v) is 7.19. The van der Waals surface area contributed by atoms with E-state index in [-0.39, 0.29) is 3.61 Å². The molecule has 2 aromatic heterocycles. The van der Waals surface area contributed by atoms with Crippen molar-refractivity contribution in [3.8, 4) is 0 Å². The lowest BCUT2D eigenvalue weighted by Gasteiger charge is -2.32. The molecule has 0 saturated heterocycles. The lowest BCUT2D eigenvalue weighted by molar-refractivity contribution is 0.479. The highest BCUT2D eigenvalue weighted by atomic mass is 32.2. The van der Waals surface area contributed by atoms with Gasteiger partial charge in [-0.3, -0.25) is 4.21 Å². The maximum atomic E-state index is 13.1.